The summed E-state index contributed by atoms with van der Waals surface area (Å²) in [6.07, 6.45) is 6.44. The second-order valence-corrected chi connectivity index (χ2v) is 5.42. The zero-order chi connectivity index (χ0) is 14.2. The van der Waals surface area contributed by atoms with Gasteiger partial charge in [-0.2, -0.15) is 0 Å². The van der Waals surface area contributed by atoms with Gasteiger partial charge in [0.05, 0.1) is 12.7 Å². The normalized spacial score (nSPS) is 15.5. The van der Waals surface area contributed by atoms with Crippen LogP contribution < -0.4 is 14.8 Å². The Morgan fingerprint density at radius 1 is 1.15 bits per heavy atom. The van der Waals surface area contributed by atoms with Gasteiger partial charge < -0.3 is 14.8 Å². The van der Waals surface area contributed by atoms with Crippen LogP contribution in [0.2, 0.25) is 0 Å². The van der Waals surface area contributed by atoms with Gasteiger partial charge in [-0.05, 0) is 63.3 Å². The summed E-state index contributed by atoms with van der Waals surface area (Å²) in [4.78, 5) is 0. The molecular weight excluding hydrogens is 250 g/mol. The molecule has 0 saturated heterocycles. The molecule has 1 aromatic carbocycles. The largest absolute Gasteiger partial charge is 0.490 e. The van der Waals surface area contributed by atoms with Crippen molar-refractivity contribution < 1.29 is 9.47 Å². The zero-order valence-electron chi connectivity index (χ0n) is 12.8. The SMILES string of the molecule is CCCNCc1ccc(OC2CCCC2)c(OCC)c1. The van der Waals surface area contributed by atoms with Gasteiger partial charge in [0.2, 0.25) is 0 Å². The fourth-order valence-electron chi connectivity index (χ4n) is 2.62. The third-order valence-corrected chi connectivity index (χ3v) is 3.66. The van der Waals surface area contributed by atoms with E-state index in [0.717, 1.165) is 31.0 Å². The third kappa shape index (κ3) is 4.41. The Balaban J connectivity index is 2.02. The van der Waals surface area contributed by atoms with Gasteiger partial charge in [0.25, 0.3) is 0 Å². The Bertz CT molecular complexity index is 400. The summed E-state index contributed by atoms with van der Waals surface area (Å²) < 4.78 is 11.8. The molecule has 3 heteroatoms. The molecule has 0 atom stereocenters. The molecule has 2 rings (SSSR count). The lowest BCUT2D eigenvalue weighted by Gasteiger charge is -2.17. The van der Waals surface area contributed by atoms with Gasteiger partial charge in [0, 0.05) is 6.54 Å². The quantitative estimate of drug-likeness (QED) is 0.731. The van der Waals surface area contributed by atoms with Crippen molar-refractivity contribution in [1.82, 2.24) is 5.32 Å². The van der Waals surface area contributed by atoms with Crippen LogP contribution in [0, 0.1) is 0 Å². The van der Waals surface area contributed by atoms with Crippen molar-refractivity contribution in [3.05, 3.63) is 23.8 Å². The molecule has 1 aliphatic rings. The lowest BCUT2D eigenvalue weighted by molar-refractivity contribution is 0.196. The molecule has 0 heterocycles. The number of ether oxygens (including phenoxy) is 2. The standard InChI is InChI=1S/C17H27NO2/c1-3-11-18-13-14-9-10-16(17(12-14)19-4-2)20-15-7-5-6-8-15/h9-10,12,15,18H,3-8,11,13H2,1-2H3. The molecule has 0 aliphatic heterocycles. The molecular formula is C17H27NO2. The van der Waals surface area contributed by atoms with Gasteiger partial charge in [-0.3, -0.25) is 0 Å². The average Bonchev–Trinajstić information content (AvgIpc) is 2.95. The second-order valence-electron chi connectivity index (χ2n) is 5.42. The Kier molecular flexibility index (Phi) is 6.19. The minimum Gasteiger partial charge on any atom is -0.490 e. The molecule has 1 N–H and O–H groups in total. The highest BCUT2D eigenvalue weighted by Gasteiger charge is 2.18. The molecule has 0 bridgehead atoms. The predicted octanol–water partition coefficient (Wildman–Crippen LogP) is 3.91. The summed E-state index contributed by atoms with van der Waals surface area (Å²) in [5, 5.41) is 3.42. The Labute approximate surface area is 122 Å². The number of hydrogen-bond donors (Lipinski definition) is 1. The van der Waals surface area contributed by atoms with Gasteiger partial charge in [-0.15, -0.1) is 0 Å². The molecule has 3 nitrogen and oxygen atoms in total. The third-order valence-electron chi connectivity index (χ3n) is 3.66. The van der Waals surface area contributed by atoms with Crippen molar-refractivity contribution in [2.75, 3.05) is 13.2 Å². The van der Waals surface area contributed by atoms with E-state index in [9.17, 15) is 0 Å². The minimum absolute atomic E-state index is 0.373. The topological polar surface area (TPSA) is 30.5 Å². The molecule has 0 radical (unpaired) electrons. The number of nitrogens with one attached hydrogen (secondary N) is 1. The molecule has 1 aliphatic carbocycles. The molecule has 0 unspecified atom stereocenters. The Morgan fingerprint density at radius 2 is 1.95 bits per heavy atom. The van der Waals surface area contributed by atoms with Crippen molar-refractivity contribution >= 4 is 0 Å². The van der Waals surface area contributed by atoms with Crippen molar-refractivity contribution in [2.24, 2.45) is 0 Å². The van der Waals surface area contributed by atoms with E-state index in [4.69, 9.17) is 9.47 Å². The summed E-state index contributed by atoms with van der Waals surface area (Å²) in [6, 6.07) is 6.30. The molecule has 1 fully saturated rings. The van der Waals surface area contributed by atoms with E-state index in [-0.39, 0.29) is 0 Å². The fourth-order valence-corrected chi connectivity index (χ4v) is 2.62. The van der Waals surface area contributed by atoms with Crippen LogP contribution in [0.25, 0.3) is 0 Å². The van der Waals surface area contributed by atoms with Gasteiger partial charge in [0.1, 0.15) is 0 Å². The first-order chi connectivity index (χ1) is 9.83. The molecule has 0 spiro atoms. The van der Waals surface area contributed by atoms with Crippen molar-refractivity contribution in [2.45, 2.75) is 58.6 Å². The van der Waals surface area contributed by atoms with Gasteiger partial charge in [-0.1, -0.05) is 13.0 Å². The first kappa shape index (κ1) is 15.2. The first-order valence-corrected chi connectivity index (χ1v) is 7.96. The summed E-state index contributed by atoms with van der Waals surface area (Å²) in [7, 11) is 0. The molecule has 0 aromatic heterocycles. The zero-order valence-corrected chi connectivity index (χ0v) is 12.8. The van der Waals surface area contributed by atoms with Crippen LogP contribution in [-0.4, -0.2) is 19.3 Å². The van der Waals surface area contributed by atoms with Crippen molar-refractivity contribution in [1.29, 1.82) is 0 Å². The van der Waals surface area contributed by atoms with Gasteiger partial charge >= 0.3 is 0 Å². The number of rotatable bonds is 8. The second kappa shape index (κ2) is 8.15. The maximum atomic E-state index is 6.09. The van der Waals surface area contributed by atoms with Crippen molar-refractivity contribution in [3.63, 3.8) is 0 Å². The van der Waals surface area contributed by atoms with Crippen LogP contribution in [0.4, 0.5) is 0 Å². The number of benzene rings is 1. The van der Waals surface area contributed by atoms with E-state index in [2.05, 4.69) is 30.4 Å². The maximum Gasteiger partial charge on any atom is 0.161 e. The lowest BCUT2D eigenvalue weighted by Crippen LogP contribution is -2.15. The van der Waals surface area contributed by atoms with Crippen LogP contribution in [-0.2, 0) is 6.54 Å². The fraction of sp³-hybridized carbons (Fsp3) is 0.647. The molecule has 20 heavy (non-hydrogen) atoms. The van der Waals surface area contributed by atoms with Crippen LogP contribution in [0.1, 0.15) is 51.5 Å². The molecule has 1 aromatic rings. The minimum atomic E-state index is 0.373. The van der Waals surface area contributed by atoms with Crippen LogP contribution in [0.15, 0.2) is 18.2 Å². The number of hydrogen-bond acceptors (Lipinski definition) is 3. The Hall–Kier alpha value is -1.22. The van der Waals surface area contributed by atoms with Crippen molar-refractivity contribution in [3.8, 4) is 11.5 Å². The van der Waals surface area contributed by atoms with Crippen LogP contribution in [0.5, 0.6) is 11.5 Å². The van der Waals surface area contributed by atoms with E-state index < -0.39 is 0 Å². The van der Waals surface area contributed by atoms with E-state index in [1.54, 1.807) is 0 Å². The highest BCUT2D eigenvalue weighted by Crippen LogP contribution is 2.32. The smallest absolute Gasteiger partial charge is 0.161 e. The Morgan fingerprint density at radius 3 is 2.65 bits per heavy atom. The molecule has 112 valence electrons. The van der Waals surface area contributed by atoms with Crippen LogP contribution in [0.3, 0.4) is 0 Å². The monoisotopic (exact) mass is 277 g/mol. The summed E-state index contributed by atoms with van der Waals surface area (Å²) in [6.45, 7) is 6.80. The summed E-state index contributed by atoms with van der Waals surface area (Å²) >= 11 is 0. The predicted molar refractivity (Wildman–Crippen MR) is 82.5 cm³/mol. The maximum absolute atomic E-state index is 6.09. The summed E-state index contributed by atoms with van der Waals surface area (Å²) in [5.74, 6) is 1.79. The molecule has 0 amide bonds. The van der Waals surface area contributed by atoms with Gasteiger partial charge in [0.15, 0.2) is 11.5 Å². The van der Waals surface area contributed by atoms with E-state index in [1.165, 1.54) is 31.2 Å². The highest BCUT2D eigenvalue weighted by molar-refractivity contribution is 5.43. The first-order valence-electron chi connectivity index (χ1n) is 7.96. The van der Waals surface area contributed by atoms with E-state index in [0.29, 0.717) is 12.7 Å². The summed E-state index contributed by atoms with van der Waals surface area (Å²) in [5.41, 5.74) is 1.25. The average molecular weight is 277 g/mol. The van der Waals surface area contributed by atoms with Gasteiger partial charge in [-0.25, -0.2) is 0 Å². The van der Waals surface area contributed by atoms with E-state index >= 15 is 0 Å². The van der Waals surface area contributed by atoms with E-state index in [1.807, 2.05) is 6.92 Å². The highest BCUT2D eigenvalue weighted by atomic mass is 16.5. The molecule has 1 saturated carbocycles. The van der Waals surface area contributed by atoms with Crippen LogP contribution >= 0.6 is 0 Å². The lowest BCUT2D eigenvalue weighted by atomic mass is 10.2.